The molecule has 0 aliphatic rings. The van der Waals surface area contributed by atoms with Crippen molar-refractivity contribution in [2.45, 2.75) is 302 Å². The van der Waals surface area contributed by atoms with Crippen molar-refractivity contribution < 1.29 is 15.0 Å². The third-order valence-corrected chi connectivity index (χ3v) is 11.8. The van der Waals surface area contributed by atoms with Gasteiger partial charge < -0.3 is 10.2 Å². The normalized spacial score (nSPS) is 11.6. The van der Waals surface area contributed by atoms with Crippen molar-refractivity contribution in [1.29, 1.82) is 0 Å². The van der Waals surface area contributed by atoms with Crippen LogP contribution in [0.15, 0.2) is 0 Å². The number of aliphatic hydroxyl groups excluding tert-OH is 1. The van der Waals surface area contributed by atoms with Gasteiger partial charge in [-0.1, -0.05) is 283 Å². The van der Waals surface area contributed by atoms with E-state index in [9.17, 15) is 4.79 Å². The molecule has 0 bridgehead atoms. The van der Waals surface area contributed by atoms with Crippen molar-refractivity contribution in [2.75, 3.05) is 6.61 Å². The third kappa shape index (κ3) is 49.4. The second-order valence-electron chi connectivity index (χ2n) is 17.1. The van der Waals surface area contributed by atoms with Crippen molar-refractivity contribution in [3.63, 3.8) is 0 Å². The summed E-state index contributed by atoms with van der Waals surface area (Å²) in [5.74, 6) is -0.648. The van der Waals surface area contributed by atoms with Crippen LogP contribution in [-0.4, -0.2) is 22.8 Å². The minimum atomic E-state index is -0.648. The Morgan fingerprint density at radius 2 is 0.327 bits per heavy atom. The second-order valence-corrected chi connectivity index (χ2v) is 17.1. The van der Waals surface area contributed by atoms with Gasteiger partial charge in [-0.2, -0.15) is 0 Å². The number of carbonyl (C=O) groups is 1. The molecule has 0 atom stereocenters. The van der Waals surface area contributed by atoms with Gasteiger partial charge in [0.25, 0.3) is 0 Å². The smallest absolute Gasteiger partial charge is 0.303 e. The zero-order valence-electron chi connectivity index (χ0n) is 35.7. The van der Waals surface area contributed by atoms with E-state index in [1.807, 2.05) is 0 Å². The molecule has 52 heavy (non-hydrogen) atoms. The molecule has 3 heteroatoms. The largest absolute Gasteiger partial charge is 0.481 e. The summed E-state index contributed by atoms with van der Waals surface area (Å²) in [6, 6.07) is 0. The predicted octanol–water partition coefficient (Wildman–Crippen LogP) is 17.4. The molecule has 0 aromatic rings. The van der Waals surface area contributed by atoms with Crippen molar-refractivity contribution in [3.8, 4) is 0 Å². The van der Waals surface area contributed by atoms with E-state index < -0.39 is 5.97 Å². The molecule has 0 aliphatic carbocycles. The highest BCUT2D eigenvalue weighted by Gasteiger charge is 1.99. The average Bonchev–Trinajstić information content (AvgIpc) is 3.14. The molecule has 0 saturated heterocycles. The second kappa shape index (κ2) is 48.4. The first-order valence-corrected chi connectivity index (χ1v) is 24.6. The Labute approximate surface area is 328 Å². The summed E-state index contributed by atoms with van der Waals surface area (Å²) in [5.41, 5.74) is 0. The molecule has 3 nitrogen and oxygen atoms in total. The molecule has 312 valence electrons. The lowest BCUT2D eigenvalue weighted by atomic mass is 10.0. The highest BCUT2D eigenvalue weighted by Crippen LogP contribution is 2.18. The van der Waals surface area contributed by atoms with Gasteiger partial charge in [-0.25, -0.2) is 0 Å². The van der Waals surface area contributed by atoms with Crippen LogP contribution in [0, 0.1) is 0 Å². The Morgan fingerprint density at radius 1 is 0.212 bits per heavy atom. The summed E-state index contributed by atoms with van der Waals surface area (Å²) >= 11 is 0. The summed E-state index contributed by atoms with van der Waals surface area (Å²) < 4.78 is 0. The highest BCUT2D eigenvalue weighted by molar-refractivity contribution is 5.66. The van der Waals surface area contributed by atoms with Gasteiger partial charge >= 0.3 is 5.97 Å². The van der Waals surface area contributed by atoms with Crippen molar-refractivity contribution in [3.05, 3.63) is 0 Å². The molecular formula is C49H98O3. The zero-order valence-corrected chi connectivity index (χ0v) is 35.7. The SMILES string of the molecule is O=C(O)CCCCCCCCCCCCCCCCCCCCCCCCCCCCCCCCCCCCCCCCCCCCCCCCO. The van der Waals surface area contributed by atoms with Crippen LogP contribution < -0.4 is 0 Å². The van der Waals surface area contributed by atoms with Crippen molar-refractivity contribution in [2.24, 2.45) is 0 Å². The van der Waals surface area contributed by atoms with E-state index in [1.54, 1.807) is 0 Å². The Morgan fingerprint density at radius 3 is 0.442 bits per heavy atom. The number of carboxylic acids is 1. The highest BCUT2D eigenvalue weighted by atomic mass is 16.4. The van der Waals surface area contributed by atoms with E-state index in [1.165, 1.54) is 276 Å². The Hall–Kier alpha value is -0.570. The molecule has 0 aromatic carbocycles. The monoisotopic (exact) mass is 735 g/mol. The van der Waals surface area contributed by atoms with Crippen molar-refractivity contribution >= 4 is 5.97 Å². The number of hydrogen-bond donors (Lipinski definition) is 2. The van der Waals surface area contributed by atoms with E-state index in [-0.39, 0.29) is 0 Å². The van der Waals surface area contributed by atoms with Gasteiger partial charge in [0.05, 0.1) is 0 Å². The lowest BCUT2D eigenvalue weighted by Gasteiger charge is -2.05. The van der Waals surface area contributed by atoms with E-state index in [2.05, 4.69) is 0 Å². The molecule has 0 saturated carbocycles. The summed E-state index contributed by atoms with van der Waals surface area (Å²) in [4.78, 5) is 10.5. The summed E-state index contributed by atoms with van der Waals surface area (Å²) in [7, 11) is 0. The first kappa shape index (κ1) is 51.4. The van der Waals surface area contributed by atoms with Crippen LogP contribution in [0.2, 0.25) is 0 Å². The molecule has 0 heterocycles. The summed E-state index contributed by atoms with van der Waals surface area (Å²) in [6.45, 7) is 0.371. The number of carboxylic acid groups (broad SMARTS) is 1. The van der Waals surface area contributed by atoms with Crippen LogP contribution in [0.1, 0.15) is 302 Å². The fraction of sp³-hybridized carbons (Fsp3) is 0.980. The van der Waals surface area contributed by atoms with E-state index >= 15 is 0 Å². The maximum Gasteiger partial charge on any atom is 0.303 e. The lowest BCUT2D eigenvalue weighted by molar-refractivity contribution is -0.137. The van der Waals surface area contributed by atoms with E-state index in [0.29, 0.717) is 13.0 Å². The standard InChI is InChI=1S/C49H98O3/c50-48-46-44-42-40-38-36-34-32-30-28-26-24-22-20-18-16-14-12-10-8-6-4-2-1-3-5-7-9-11-13-15-17-19-21-23-25-27-29-31-33-35-37-39-41-43-45-47-49(51)52/h50H,1-48H2,(H,51,52). The van der Waals surface area contributed by atoms with E-state index in [4.69, 9.17) is 10.2 Å². The van der Waals surface area contributed by atoms with Gasteiger partial charge in [0.15, 0.2) is 0 Å². The van der Waals surface area contributed by atoms with Gasteiger partial charge in [-0.05, 0) is 12.8 Å². The Balaban J connectivity index is 3.05. The zero-order chi connectivity index (χ0) is 37.5. The molecule has 0 unspecified atom stereocenters. The number of hydrogen-bond acceptors (Lipinski definition) is 2. The molecule has 0 aliphatic heterocycles. The van der Waals surface area contributed by atoms with Crippen LogP contribution in [0.25, 0.3) is 0 Å². The molecule has 2 N–H and O–H groups in total. The van der Waals surface area contributed by atoms with Gasteiger partial charge in [0, 0.05) is 13.0 Å². The Bertz CT molecular complexity index is 634. The van der Waals surface area contributed by atoms with Gasteiger partial charge in [-0.3, -0.25) is 4.79 Å². The molecule has 0 rings (SSSR count). The predicted molar refractivity (Wildman–Crippen MR) is 232 cm³/mol. The molecule has 0 fully saturated rings. The van der Waals surface area contributed by atoms with Crippen LogP contribution in [-0.2, 0) is 4.79 Å². The minimum absolute atomic E-state index is 0.345. The first-order chi connectivity index (χ1) is 25.8. The quantitative estimate of drug-likeness (QED) is 0.0612. The van der Waals surface area contributed by atoms with Gasteiger partial charge in [0.2, 0.25) is 0 Å². The number of unbranched alkanes of at least 4 members (excludes halogenated alkanes) is 45. The molecular weight excluding hydrogens is 637 g/mol. The van der Waals surface area contributed by atoms with E-state index in [0.717, 1.165) is 19.3 Å². The molecule has 0 spiro atoms. The minimum Gasteiger partial charge on any atom is -0.481 e. The molecule has 0 radical (unpaired) electrons. The maximum absolute atomic E-state index is 10.5. The van der Waals surface area contributed by atoms with Crippen LogP contribution >= 0.6 is 0 Å². The molecule has 0 aromatic heterocycles. The topological polar surface area (TPSA) is 57.5 Å². The maximum atomic E-state index is 10.5. The number of aliphatic hydroxyl groups is 1. The fourth-order valence-corrected chi connectivity index (χ4v) is 8.17. The fourth-order valence-electron chi connectivity index (χ4n) is 8.17. The molecule has 0 amide bonds. The van der Waals surface area contributed by atoms with Crippen LogP contribution in [0.4, 0.5) is 0 Å². The third-order valence-electron chi connectivity index (χ3n) is 11.8. The lowest BCUT2D eigenvalue weighted by Crippen LogP contribution is -1.93. The van der Waals surface area contributed by atoms with Gasteiger partial charge in [0.1, 0.15) is 0 Å². The average molecular weight is 735 g/mol. The summed E-state index contributed by atoms with van der Waals surface area (Å²) in [5, 5.41) is 17.5. The van der Waals surface area contributed by atoms with Gasteiger partial charge in [-0.15, -0.1) is 0 Å². The van der Waals surface area contributed by atoms with Crippen molar-refractivity contribution in [1.82, 2.24) is 0 Å². The van der Waals surface area contributed by atoms with Crippen LogP contribution in [0.3, 0.4) is 0 Å². The first-order valence-electron chi connectivity index (χ1n) is 24.6. The number of aliphatic carboxylic acids is 1. The summed E-state index contributed by atoms with van der Waals surface area (Å²) in [6.07, 6.45) is 65.0. The number of rotatable bonds is 48. The Kier molecular flexibility index (Phi) is 47.9. The van der Waals surface area contributed by atoms with Crippen LogP contribution in [0.5, 0.6) is 0 Å².